The van der Waals surface area contributed by atoms with E-state index in [1.54, 1.807) is 0 Å². The number of benzene rings is 1. The standard InChI is InChI=1S/C12H10F3NO4/c13-12(14,15)7-3-1-2-6(4-7)9-10(8(18)5-17)20-11(19)16-9/h1-4,9-10,17H,5H2,(H,16,19)/t9-,10-/m0/s1. The lowest BCUT2D eigenvalue weighted by atomic mass is 9.97. The Bertz CT molecular complexity index is 544. The van der Waals surface area contributed by atoms with Crippen LogP contribution in [0.1, 0.15) is 17.2 Å². The number of amides is 1. The van der Waals surface area contributed by atoms with Crippen LogP contribution in [0.4, 0.5) is 18.0 Å². The fourth-order valence-corrected chi connectivity index (χ4v) is 1.93. The molecule has 1 aromatic rings. The van der Waals surface area contributed by atoms with Crippen LogP contribution in [-0.4, -0.2) is 29.7 Å². The van der Waals surface area contributed by atoms with E-state index in [9.17, 15) is 22.8 Å². The van der Waals surface area contributed by atoms with Crippen LogP contribution in [0.3, 0.4) is 0 Å². The first kappa shape index (κ1) is 14.3. The van der Waals surface area contributed by atoms with Crippen molar-refractivity contribution in [1.29, 1.82) is 0 Å². The third kappa shape index (κ3) is 2.74. The van der Waals surface area contributed by atoms with Gasteiger partial charge in [-0.1, -0.05) is 12.1 Å². The molecule has 0 aliphatic carbocycles. The largest absolute Gasteiger partial charge is 0.436 e. The molecule has 1 aliphatic rings. The number of alkyl carbamates (subject to hydrolysis) is 1. The number of alkyl halides is 3. The van der Waals surface area contributed by atoms with E-state index in [-0.39, 0.29) is 5.56 Å². The Balaban J connectivity index is 2.34. The molecule has 2 rings (SSSR count). The van der Waals surface area contributed by atoms with Gasteiger partial charge >= 0.3 is 12.3 Å². The van der Waals surface area contributed by atoms with Gasteiger partial charge in [0.15, 0.2) is 6.10 Å². The molecule has 0 unspecified atom stereocenters. The van der Waals surface area contributed by atoms with Gasteiger partial charge in [-0.25, -0.2) is 4.79 Å². The number of aliphatic hydroxyl groups excluding tert-OH is 1. The average molecular weight is 289 g/mol. The molecule has 1 fully saturated rings. The Hall–Kier alpha value is -2.09. The maximum atomic E-state index is 12.6. The number of carbonyl (C=O) groups excluding carboxylic acids is 2. The molecule has 1 aromatic carbocycles. The zero-order valence-electron chi connectivity index (χ0n) is 9.98. The van der Waals surface area contributed by atoms with Crippen molar-refractivity contribution < 1.29 is 32.6 Å². The number of rotatable bonds is 3. The van der Waals surface area contributed by atoms with Crippen molar-refractivity contribution in [2.24, 2.45) is 0 Å². The number of ketones is 1. The average Bonchev–Trinajstić information content (AvgIpc) is 2.79. The molecule has 1 saturated heterocycles. The first-order chi connectivity index (χ1) is 9.32. The third-order valence-electron chi connectivity index (χ3n) is 2.86. The quantitative estimate of drug-likeness (QED) is 0.882. The molecular weight excluding hydrogens is 279 g/mol. The Kier molecular flexibility index (Phi) is 3.67. The van der Waals surface area contributed by atoms with Gasteiger partial charge in [0.25, 0.3) is 0 Å². The summed E-state index contributed by atoms with van der Waals surface area (Å²) < 4.78 is 42.5. The summed E-state index contributed by atoms with van der Waals surface area (Å²) in [6, 6.07) is 3.17. The number of aliphatic hydroxyl groups is 1. The summed E-state index contributed by atoms with van der Waals surface area (Å²) in [7, 11) is 0. The fraction of sp³-hybridized carbons (Fsp3) is 0.333. The SMILES string of the molecule is O=C1N[C@@H](c2cccc(C(F)(F)F)c2)[C@H](C(=O)CO)O1. The van der Waals surface area contributed by atoms with Crippen molar-refractivity contribution in [2.75, 3.05) is 6.61 Å². The number of hydrogen-bond donors (Lipinski definition) is 2. The van der Waals surface area contributed by atoms with E-state index in [4.69, 9.17) is 5.11 Å². The second-order valence-corrected chi connectivity index (χ2v) is 4.20. The molecule has 1 amide bonds. The van der Waals surface area contributed by atoms with E-state index >= 15 is 0 Å². The Morgan fingerprint density at radius 2 is 2.10 bits per heavy atom. The molecule has 2 atom stereocenters. The van der Waals surface area contributed by atoms with Gasteiger partial charge in [0.05, 0.1) is 5.56 Å². The van der Waals surface area contributed by atoms with Crippen LogP contribution in [0.15, 0.2) is 24.3 Å². The Labute approximate surface area is 111 Å². The molecule has 1 aliphatic heterocycles. The smallest absolute Gasteiger partial charge is 0.416 e. The predicted molar refractivity (Wildman–Crippen MR) is 59.7 cm³/mol. The van der Waals surface area contributed by atoms with Crippen molar-refractivity contribution in [2.45, 2.75) is 18.3 Å². The second-order valence-electron chi connectivity index (χ2n) is 4.20. The highest BCUT2D eigenvalue weighted by Crippen LogP contribution is 2.33. The number of halogens is 3. The van der Waals surface area contributed by atoms with Gasteiger partial charge in [-0.05, 0) is 17.7 Å². The number of hydrogen-bond acceptors (Lipinski definition) is 4. The van der Waals surface area contributed by atoms with Gasteiger partial charge in [0, 0.05) is 0 Å². The molecule has 2 N–H and O–H groups in total. The monoisotopic (exact) mass is 289 g/mol. The van der Waals surface area contributed by atoms with Gasteiger partial charge in [-0.2, -0.15) is 13.2 Å². The van der Waals surface area contributed by atoms with Crippen LogP contribution in [0, 0.1) is 0 Å². The van der Waals surface area contributed by atoms with Gasteiger partial charge < -0.3 is 15.2 Å². The van der Waals surface area contributed by atoms with Crippen LogP contribution >= 0.6 is 0 Å². The summed E-state index contributed by atoms with van der Waals surface area (Å²) in [5, 5.41) is 11.0. The van der Waals surface area contributed by atoms with E-state index in [0.29, 0.717) is 0 Å². The molecule has 5 nitrogen and oxygen atoms in total. The Morgan fingerprint density at radius 3 is 2.70 bits per heavy atom. The molecule has 0 radical (unpaired) electrons. The minimum Gasteiger partial charge on any atom is -0.436 e. The van der Waals surface area contributed by atoms with E-state index in [0.717, 1.165) is 12.1 Å². The molecular formula is C12H10F3NO4. The van der Waals surface area contributed by atoms with Crippen LogP contribution in [0.25, 0.3) is 0 Å². The van der Waals surface area contributed by atoms with Crippen molar-refractivity contribution in [3.05, 3.63) is 35.4 Å². The first-order valence-electron chi connectivity index (χ1n) is 5.61. The number of cyclic esters (lactones) is 1. The van der Waals surface area contributed by atoms with E-state index in [2.05, 4.69) is 10.1 Å². The van der Waals surface area contributed by atoms with Crippen LogP contribution in [0.2, 0.25) is 0 Å². The molecule has 0 spiro atoms. The Morgan fingerprint density at radius 1 is 1.40 bits per heavy atom. The van der Waals surface area contributed by atoms with Gasteiger partial charge in [0.2, 0.25) is 5.78 Å². The van der Waals surface area contributed by atoms with Crippen molar-refractivity contribution in [3.63, 3.8) is 0 Å². The fourth-order valence-electron chi connectivity index (χ4n) is 1.93. The van der Waals surface area contributed by atoms with E-state index in [1.807, 2.05) is 0 Å². The summed E-state index contributed by atoms with van der Waals surface area (Å²) in [6.07, 6.45) is -6.79. The van der Waals surface area contributed by atoms with Crippen LogP contribution in [-0.2, 0) is 15.7 Å². The van der Waals surface area contributed by atoms with Gasteiger partial charge in [0.1, 0.15) is 12.6 Å². The number of Topliss-reactive ketones (excluding diaryl/α,β-unsaturated/α-hetero) is 1. The van der Waals surface area contributed by atoms with E-state index < -0.39 is 42.4 Å². The molecule has 108 valence electrons. The molecule has 0 aromatic heterocycles. The summed E-state index contributed by atoms with van der Waals surface area (Å²) in [5.74, 6) is -0.786. The third-order valence-corrected chi connectivity index (χ3v) is 2.86. The first-order valence-corrected chi connectivity index (χ1v) is 5.61. The summed E-state index contributed by atoms with van der Waals surface area (Å²) in [4.78, 5) is 22.6. The molecule has 8 heteroatoms. The van der Waals surface area contributed by atoms with Crippen molar-refractivity contribution in [1.82, 2.24) is 5.32 Å². The zero-order valence-corrected chi connectivity index (χ0v) is 9.98. The van der Waals surface area contributed by atoms with E-state index in [1.165, 1.54) is 12.1 Å². The zero-order chi connectivity index (χ0) is 14.9. The summed E-state index contributed by atoms with van der Waals surface area (Å²) in [5.41, 5.74) is -0.816. The lowest BCUT2D eigenvalue weighted by molar-refractivity contribution is -0.137. The molecule has 0 saturated carbocycles. The number of ether oxygens (including phenoxy) is 1. The minimum atomic E-state index is -4.53. The molecule has 1 heterocycles. The molecule has 20 heavy (non-hydrogen) atoms. The highest BCUT2D eigenvalue weighted by Gasteiger charge is 2.40. The lowest BCUT2D eigenvalue weighted by Gasteiger charge is -2.16. The maximum Gasteiger partial charge on any atom is 0.416 e. The molecule has 0 bridgehead atoms. The lowest BCUT2D eigenvalue weighted by Crippen LogP contribution is -2.31. The van der Waals surface area contributed by atoms with Crippen molar-refractivity contribution in [3.8, 4) is 0 Å². The highest BCUT2D eigenvalue weighted by atomic mass is 19.4. The van der Waals surface area contributed by atoms with Crippen LogP contribution in [0.5, 0.6) is 0 Å². The van der Waals surface area contributed by atoms with Crippen molar-refractivity contribution >= 4 is 11.9 Å². The van der Waals surface area contributed by atoms with Crippen LogP contribution < -0.4 is 5.32 Å². The highest BCUT2D eigenvalue weighted by molar-refractivity contribution is 5.89. The number of nitrogens with one attached hydrogen (secondary N) is 1. The summed E-state index contributed by atoms with van der Waals surface area (Å²) in [6.45, 7) is -0.866. The summed E-state index contributed by atoms with van der Waals surface area (Å²) >= 11 is 0. The van der Waals surface area contributed by atoms with Gasteiger partial charge in [-0.15, -0.1) is 0 Å². The topological polar surface area (TPSA) is 75.6 Å². The predicted octanol–water partition coefficient (Wildman–Crippen LogP) is 1.42. The van der Waals surface area contributed by atoms with Gasteiger partial charge in [-0.3, -0.25) is 4.79 Å². The maximum absolute atomic E-state index is 12.6. The minimum absolute atomic E-state index is 0.0810. The number of carbonyl (C=O) groups is 2. The second kappa shape index (κ2) is 5.12. The normalized spacial score (nSPS) is 22.3.